The third-order valence-electron chi connectivity index (χ3n) is 6.59. The smallest absolute Gasteiger partial charge is 0.411 e. The van der Waals surface area contributed by atoms with Gasteiger partial charge in [0.1, 0.15) is 12.6 Å². The first-order valence-electron chi connectivity index (χ1n) is 11.4. The van der Waals surface area contributed by atoms with E-state index in [1.807, 2.05) is 36.4 Å². The van der Waals surface area contributed by atoms with E-state index < -0.39 is 24.0 Å². The Bertz CT molecular complexity index is 1280. The minimum Gasteiger partial charge on any atom is -0.480 e. The largest absolute Gasteiger partial charge is 0.480 e. The number of nitrogens with one attached hydrogen (secondary N) is 1. The number of aliphatic carboxylic acids is 1. The second-order valence-corrected chi connectivity index (χ2v) is 9.05. The highest BCUT2D eigenvalue weighted by Gasteiger charge is 2.34. The summed E-state index contributed by atoms with van der Waals surface area (Å²) in [6.45, 7) is 0.512. The average molecular weight is 491 g/mol. The number of halogens is 1. The number of ether oxygens (including phenoxy) is 1. The zero-order chi connectivity index (χ0) is 24.5. The van der Waals surface area contributed by atoms with E-state index in [9.17, 15) is 19.5 Å². The Kier molecular flexibility index (Phi) is 6.17. The number of carbonyl (C=O) groups is 3. The van der Waals surface area contributed by atoms with Gasteiger partial charge in [-0.25, -0.2) is 9.59 Å². The van der Waals surface area contributed by atoms with E-state index in [0.29, 0.717) is 19.4 Å². The van der Waals surface area contributed by atoms with Gasteiger partial charge in [0.15, 0.2) is 0 Å². The van der Waals surface area contributed by atoms with Crippen LogP contribution in [0.1, 0.15) is 40.2 Å². The van der Waals surface area contributed by atoms with Crippen molar-refractivity contribution >= 4 is 35.3 Å². The lowest BCUT2D eigenvalue weighted by Gasteiger charge is -2.22. The summed E-state index contributed by atoms with van der Waals surface area (Å²) in [6.07, 6.45) is 0.351. The summed E-state index contributed by atoms with van der Waals surface area (Å²) in [5.41, 5.74) is 4.94. The van der Waals surface area contributed by atoms with E-state index in [0.717, 1.165) is 22.3 Å². The molecule has 1 aliphatic heterocycles. The molecule has 3 aromatic carbocycles. The first kappa shape index (κ1) is 22.9. The molecule has 0 radical (unpaired) electrons. The fraction of sp³-hybridized carbons (Fsp3) is 0.222. The van der Waals surface area contributed by atoms with Crippen LogP contribution in [0.5, 0.6) is 0 Å². The lowest BCUT2D eigenvalue weighted by Crippen LogP contribution is -2.40. The number of amides is 2. The molecule has 1 heterocycles. The molecule has 8 heteroatoms. The predicted molar refractivity (Wildman–Crippen MR) is 132 cm³/mol. The lowest BCUT2D eigenvalue weighted by atomic mass is 9.98. The SMILES string of the molecule is O=C(Nc1cc(C(=O)N2CCCC2C(=O)O)ccc1Cl)OCC1c2ccccc2-c2ccccc21. The van der Waals surface area contributed by atoms with Crippen molar-refractivity contribution in [3.05, 3.63) is 88.4 Å². The molecule has 2 aliphatic rings. The van der Waals surface area contributed by atoms with Crippen LogP contribution in [0.15, 0.2) is 66.7 Å². The van der Waals surface area contributed by atoms with Gasteiger partial charge in [-0.05, 0) is 53.3 Å². The molecule has 2 N–H and O–H groups in total. The van der Waals surface area contributed by atoms with Crippen molar-refractivity contribution in [2.45, 2.75) is 24.8 Å². The summed E-state index contributed by atoms with van der Waals surface area (Å²) in [7, 11) is 0. The molecular weight excluding hydrogens is 468 g/mol. The molecule has 2 amide bonds. The summed E-state index contributed by atoms with van der Waals surface area (Å²) in [5, 5.41) is 12.2. The van der Waals surface area contributed by atoms with Crippen molar-refractivity contribution in [1.29, 1.82) is 0 Å². The summed E-state index contributed by atoms with van der Waals surface area (Å²) < 4.78 is 5.57. The molecule has 3 aromatic rings. The monoisotopic (exact) mass is 490 g/mol. The number of anilines is 1. The number of nitrogens with zero attached hydrogens (tertiary/aromatic N) is 1. The fourth-order valence-electron chi connectivity index (χ4n) is 4.93. The Labute approximate surface area is 207 Å². The number of fused-ring (bicyclic) bond motifs is 3. The van der Waals surface area contributed by atoms with Crippen LogP contribution in [0.25, 0.3) is 11.1 Å². The molecule has 1 saturated heterocycles. The second-order valence-electron chi connectivity index (χ2n) is 8.64. The molecular formula is C27H23ClN2O5. The molecule has 1 aliphatic carbocycles. The summed E-state index contributed by atoms with van der Waals surface area (Å²) in [5.74, 6) is -1.52. The topological polar surface area (TPSA) is 95.9 Å². The van der Waals surface area contributed by atoms with Crippen molar-refractivity contribution < 1.29 is 24.2 Å². The Morgan fingerprint density at radius 3 is 2.31 bits per heavy atom. The van der Waals surface area contributed by atoms with Gasteiger partial charge in [0.25, 0.3) is 5.91 Å². The van der Waals surface area contributed by atoms with E-state index in [-0.39, 0.29) is 28.8 Å². The maximum absolute atomic E-state index is 12.9. The Morgan fingerprint density at radius 1 is 1.00 bits per heavy atom. The molecule has 178 valence electrons. The average Bonchev–Trinajstić information content (AvgIpc) is 3.47. The van der Waals surface area contributed by atoms with Crippen LogP contribution in [0.4, 0.5) is 10.5 Å². The maximum atomic E-state index is 12.9. The molecule has 0 saturated carbocycles. The van der Waals surface area contributed by atoms with Crippen LogP contribution in [-0.2, 0) is 9.53 Å². The molecule has 1 unspecified atom stereocenters. The lowest BCUT2D eigenvalue weighted by molar-refractivity contribution is -0.141. The normalized spacial score (nSPS) is 16.5. The number of rotatable bonds is 5. The number of carboxylic acids is 1. The number of likely N-dealkylation sites (tertiary alicyclic amines) is 1. The van der Waals surface area contributed by atoms with Gasteiger partial charge in [-0.15, -0.1) is 0 Å². The second kappa shape index (κ2) is 9.43. The maximum Gasteiger partial charge on any atom is 0.411 e. The fourth-order valence-corrected chi connectivity index (χ4v) is 5.10. The quantitative estimate of drug-likeness (QED) is 0.500. The predicted octanol–water partition coefficient (Wildman–Crippen LogP) is 5.39. The van der Waals surface area contributed by atoms with Gasteiger partial charge in [0, 0.05) is 18.0 Å². The van der Waals surface area contributed by atoms with Gasteiger partial charge in [0.2, 0.25) is 0 Å². The van der Waals surface area contributed by atoms with E-state index in [2.05, 4.69) is 17.4 Å². The highest BCUT2D eigenvalue weighted by atomic mass is 35.5. The number of benzene rings is 3. The van der Waals surface area contributed by atoms with E-state index in [1.165, 1.54) is 23.1 Å². The number of hydrogen-bond donors (Lipinski definition) is 2. The van der Waals surface area contributed by atoms with Gasteiger partial charge in [0.05, 0.1) is 10.7 Å². The molecule has 1 atom stereocenters. The van der Waals surface area contributed by atoms with Crippen LogP contribution < -0.4 is 5.32 Å². The van der Waals surface area contributed by atoms with E-state index >= 15 is 0 Å². The first-order valence-corrected chi connectivity index (χ1v) is 11.8. The van der Waals surface area contributed by atoms with Crippen molar-refractivity contribution in [2.75, 3.05) is 18.5 Å². The third-order valence-corrected chi connectivity index (χ3v) is 6.92. The summed E-state index contributed by atoms with van der Waals surface area (Å²) >= 11 is 6.26. The van der Waals surface area contributed by atoms with Crippen LogP contribution >= 0.6 is 11.6 Å². The highest BCUT2D eigenvalue weighted by molar-refractivity contribution is 6.33. The zero-order valence-electron chi connectivity index (χ0n) is 18.7. The minimum absolute atomic E-state index is 0.0837. The van der Waals surface area contributed by atoms with Crippen molar-refractivity contribution in [3.8, 4) is 11.1 Å². The van der Waals surface area contributed by atoms with Gasteiger partial charge in [-0.2, -0.15) is 0 Å². The molecule has 35 heavy (non-hydrogen) atoms. The van der Waals surface area contributed by atoms with Gasteiger partial charge >= 0.3 is 12.1 Å². The van der Waals surface area contributed by atoms with Crippen LogP contribution in [0, 0.1) is 0 Å². The van der Waals surface area contributed by atoms with E-state index in [4.69, 9.17) is 16.3 Å². The van der Waals surface area contributed by atoms with Crippen molar-refractivity contribution in [2.24, 2.45) is 0 Å². The van der Waals surface area contributed by atoms with Crippen molar-refractivity contribution in [3.63, 3.8) is 0 Å². The molecule has 0 bridgehead atoms. The number of carboxylic acid groups (broad SMARTS) is 1. The number of carbonyl (C=O) groups excluding carboxylic acids is 2. The number of hydrogen-bond acceptors (Lipinski definition) is 4. The highest BCUT2D eigenvalue weighted by Crippen LogP contribution is 2.44. The molecule has 0 aromatic heterocycles. The van der Waals surface area contributed by atoms with Crippen LogP contribution in [0.3, 0.4) is 0 Å². The Morgan fingerprint density at radius 2 is 1.66 bits per heavy atom. The van der Waals surface area contributed by atoms with Crippen molar-refractivity contribution in [1.82, 2.24) is 4.90 Å². The minimum atomic E-state index is -1.03. The molecule has 1 fully saturated rings. The first-order chi connectivity index (χ1) is 16.9. The Balaban J connectivity index is 1.29. The van der Waals surface area contributed by atoms with Gasteiger partial charge in [-0.1, -0.05) is 60.1 Å². The van der Waals surface area contributed by atoms with Crippen LogP contribution in [0.2, 0.25) is 5.02 Å². The Hall–Kier alpha value is -3.84. The molecule has 0 spiro atoms. The van der Waals surface area contributed by atoms with Gasteiger partial charge < -0.3 is 14.7 Å². The standard InChI is InChI=1S/C27H23ClN2O5/c28-22-12-11-16(25(31)30-13-5-10-24(30)26(32)33)14-23(22)29-27(34)35-15-21-19-8-3-1-6-17(19)18-7-2-4-9-20(18)21/h1-4,6-9,11-12,14,21,24H,5,10,13,15H2,(H,29,34)(H,32,33). The van der Waals surface area contributed by atoms with E-state index in [1.54, 1.807) is 0 Å². The molecule has 7 nitrogen and oxygen atoms in total. The summed E-state index contributed by atoms with van der Waals surface area (Å²) in [4.78, 5) is 38.4. The molecule has 5 rings (SSSR count). The summed E-state index contributed by atoms with van der Waals surface area (Å²) in [6, 6.07) is 19.7. The zero-order valence-corrected chi connectivity index (χ0v) is 19.5. The third kappa shape index (κ3) is 4.35. The van der Waals surface area contributed by atoms with Crippen LogP contribution in [-0.4, -0.2) is 47.2 Å². The van der Waals surface area contributed by atoms with Gasteiger partial charge in [-0.3, -0.25) is 10.1 Å².